The molecule has 0 bridgehead atoms. The lowest BCUT2D eigenvalue weighted by molar-refractivity contribution is 0.590. The average molecular weight is 265 g/mol. The molecule has 0 radical (unpaired) electrons. The minimum atomic E-state index is 0.194. The second-order valence-corrected chi connectivity index (χ2v) is 6.31. The molecule has 0 N–H and O–H groups in total. The van der Waals surface area contributed by atoms with Crippen molar-refractivity contribution in [3.8, 4) is 0 Å². The van der Waals surface area contributed by atoms with Crippen LogP contribution in [0.15, 0.2) is 53.5 Å². The van der Waals surface area contributed by atoms with E-state index in [9.17, 15) is 0 Å². The van der Waals surface area contributed by atoms with Gasteiger partial charge in [-0.3, -0.25) is 4.99 Å². The molecule has 0 heterocycles. The minimum absolute atomic E-state index is 0.194. The molecule has 2 rings (SSSR count). The van der Waals surface area contributed by atoms with Gasteiger partial charge < -0.3 is 0 Å². The lowest BCUT2D eigenvalue weighted by Gasteiger charge is -2.19. The van der Waals surface area contributed by atoms with Gasteiger partial charge in [0.25, 0.3) is 0 Å². The Morgan fingerprint density at radius 3 is 2.05 bits per heavy atom. The fourth-order valence-electron chi connectivity index (χ4n) is 2.15. The fourth-order valence-corrected chi connectivity index (χ4v) is 2.15. The molecule has 0 amide bonds. The monoisotopic (exact) mass is 265 g/mol. The molecular formula is C19H23N. The van der Waals surface area contributed by atoms with Crippen LogP contribution >= 0.6 is 0 Å². The van der Waals surface area contributed by atoms with Gasteiger partial charge in [0.05, 0.1) is 5.69 Å². The molecule has 0 aromatic heterocycles. The zero-order valence-corrected chi connectivity index (χ0v) is 13.1. The Morgan fingerprint density at radius 2 is 1.50 bits per heavy atom. The van der Waals surface area contributed by atoms with Crippen LogP contribution in [0.2, 0.25) is 0 Å². The van der Waals surface area contributed by atoms with Crippen LogP contribution in [0, 0.1) is 6.92 Å². The van der Waals surface area contributed by atoms with Crippen molar-refractivity contribution in [3.05, 3.63) is 65.2 Å². The molecule has 2 aromatic rings. The van der Waals surface area contributed by atoms with E-state index < -0.39 is 0 Å². The van der Waals surface area contributed by atoms with Crippen molar-refractivity contribution in [1.82, 2.24) is 0 Å². The van der Waals surface area contributed by atoms with Crippen molar-refractivity contribution < 1.29 is 0 Å². The van der Waals surface area contributed by atoms with Crippen LogP contribution in [0.3, 0.4) is 0 Å². The van der Waals surface area contributed by atoms with E-state index in [0.717, 1.165) is 11.4 Å². The molecule has 0 saturated carbocycles. The van der Waals surface area contributed by atoms with Crippen LogP contribution < -0.4 is 0 Å². The van der Waals surface area contributed by atoms with E-state index in [1.807, 2.05) is 12.1 Å². The summed E-state index contributed by atoms with van der Waals surface area (Å²) in [5.74, 6) is 0. The molecule has 20 heavy (non-hydrogen) atoms. The third kappa shape index (κ3) is 3.36. The summed E-state index contributed by atoms with van der Waals surface area (Å²) in [6, 6.07) is 17.0. The standard InChI is InChI=1S/C19H23N/c1-14-8-6-7-9-18(14)20-15(2)16-10-12-17(13-11-16)19(3,4)5/h6-13H,1-5H3/b20-15+. The first-order valence-electron chi connectivity index (χ1n) is 7.10. The summed E-state index contributed by atoms with van der Waals surface area (Å²) < 4.78 is 0. The van der Waals surface area contributed by atoms with Gasteiger partial charge in [0.15, 0.2) is 0 Å². The van der Waals surface area contributed by atoms with Gasteiger partial charge in [-0.05, 0) is 42.0 Å². The summed E-state index contributed by atoms with van der Waals surface area (Å²) in [5.41, 5.74) is 6.04. The molecule has 0 unspecified atom stereocenters. The van der Waals surface area contributed by atoms with Crippen molar-refractivity contribution in [2.45, 2.75) is 40.0 Å². The quantitative estimate of drug-likeness (QED) is 0.642. The van der Waals surface area contributed by atoms with Gasteiger partial charge in [-0.1, -0.05) is 63.2 Å². The summed E-state index contributed by atoms with van der Waals surface area (Å²) in [5, 5.41) is 0. The third-order valence-electron chi connectivity index (χ3n) is 3.57. The predicted octanol–water partition coefficient (Wildman–Crippen LogP) is 5.43. The molecule has 2 aromatic carbocycles. The lowest BCUT2D eigenvalue weighted by atomic mass is 9.86. The van der Waals surface area contributed by atoms with Gasteiger partial charge in [-0.2, -0.15) is 0 Å². The first-order chi connectivity index (χ1) is 9.38. The van der Waals surface area contributed by atoms with E-state index >= 15 is 0 Å². The largest absolute Gasteiger partial charge is 0.253 e. The molecular weight excluding hydrogens is 242 g/mol. The predicted molar refractivity (Wildman–Crippen MR) is 88.2 cm³/mol. The number of hydrogen-bond acceptors (Lipinski definition) is 1. The Labute approximate surface area is 122 Å². The van der Waals surface area contributed by atoms with E-state index in [0.29, 0.717) is 0 Å². The van der Waals surface area contributed by atoms with Gasteiger partial charge in [0.1, 0.15) is 0 Å². The SMILES string of the molecule is C/C(=N\c1ccccc1C)c1ccc(C(C)(C)C)cc1. The van der Waals surface area contributed by atoms with Crippen LogP contribution in [0.5, 0.6) is 0 Å². The molecule has 104 valence electrons. The fraction of sp³-hybridized carbons (Fsp3) is 0.316. The maximum atomic E-state index is 4.74. The summed E-state index contributed by atoms with van der Waals surface area (Å²) in [6.45, 7) is 10.9. The van der Waals surface area contributed by atoms with E-state index in [1.165, 1.54) is 16.7 Å². The molecule has 0 aliphatic heterocycles. The summed E-state index contributed by atoms with van der Waals surface area (Å²) in [7, 11) is 0. The molecule has 0 aliphatic carbocycles. The van der Waals surface area contributed by atoms with E-state index in [1.54, 1.807) is 0 Å². The van der Waals surface area contributed by atoms with E-state index in [-0.39, 0.29) is 5.41 Å². The lowest BCUT2D eigenvalue weighted by Crippen LogP contribution is -2.11. The Bertz CT molecular complexity index is 613. The molecule has 0 aliphatic rings. The van der Waals surface area contributed by atoms with Crippen molar-refractivity contribution >= 4 is 11.4 Å². The van der Waals surface area contributed by atoms with Crippen molar-refractivity contribution in [2.75, 3.05) is 0 Å². The van der Waals surface area contributed by atoms with Crippen molar-refractivity contribution in [3.63, 3.8) is 0 Å². The smallest absolute Gasteiger partial charge is 0.0662 e. The van der Waals surface area contributed by atoms with Gasteiger partial charge in [0, 0.05) is 5.71 Å². The van der Waals surface area contributed by atoms with Crippen LogP contribution in [0.1, 0.15) is 44.4 Å². The van der Waals surface area contributed by atoms with Crippen LogP contribution in [-0.2, 0) is 5.41 Å². The number of hydrogen-bond donors (Lipinski definition) is 0. The Morgan fingerprint density at radius 1 is 0.900 bits per heavy atom. The van der Waals surface area contributed by atoms with Gasteiger partial charge in [-0.25, -0.2) is 0 Å². The number of aliphatic imine (C=N–C) groups is 1. The van der Waals surface area contributed by atoms with Gasteiger partial charge in [-0.15, -0.1) is 0 Å². The average Bonchev–Trinajstić information content (AvgIpc) is 2.40. The first kappa shape index (κ1) is 14.5. The summed E-state index contributed by atoms with van der Waals surface area (Å²) in [6.07, 6.45) is 0. The molecule has 0 fully saturated rings. The molecule has 0 spiro atoms. The van der Waals surface area contributed by atoms with Crippen molar-refractivity contribution in [2.24, 2.45) is 4.99 Å². The summed E-state index contributed by atoms with van der Waals surface area (Å²) in [4.78, 5) is 4.74. The molecule has 0 saturated heterocycles. The first-order valence-corrected chi connectivity index (χ1v) is 7.10. The van der Waals surface area contributed by atoms with E-state index in [2.05, 4.69) is 71.0 Å². The minimum Gasteiger partial charge on any atom is -0.253 e. The second-order valence-electron chi connectivity index (χ2n) is 6.31. The Balaban J connectivity index is 2.30. The number of rotatable bonds is 2. The maximum absolute atomic E-state index is 4.74. The summed E-state index contributed by atoms with van der Waals surface area (Å²) >= 11 is 0. The Kier molecular flexibility index (Phi) is 4.08. The second kappa shape index (κ2) is 5.62. The third-order valence-corrected chi connectivity index (χ3v) is 3.57. The van der Waals surface area contributed by atoms with E-state index in [4.69, 9.17) is 4.99 Å². The highest BCUT2D eigenvalue weighted by Crippen LogP contribution is 2.23. The highest BCUT2D eigenvalue weighted by atomic mass is 14.7. The maximum Gasteiger partial charge on any atom is 0.0662 e. The zero-order chi connectivity index (χ0) is 14.8. The van der Waals surface area contributed by atoms with Crippen LogP contribution in [0.25, 0.3) is 0 Å². The topological polar surface area (TPSA) is 12.4 Å². The number of nitrogens with zero attached hydrogens (tertiary/aromatic N) is 1. The molecule has 1 nitrogen and oxygen atoms in total. The number of para-hydroxylation sites is 1. The Hall–Kier alpha value is -1.89. The van der Waals surface area contributed by atoms with Gasteiger partial charge in [0.2, 0.25) is 0 Å². The highest BCUT2D eigenvalue weighted by molar-refractivity contribution is 6.00. The zero-order valence-electron chi connectivity index (χ0n) is 13.1. The highest BCUT2D eigenvalue weighted by Gasteiger charge is 2.13. The van der Waals surface area contributed by atoms with Crippen LogP contribution in [0.4, 0.5) is 5.69 Å². The number of benzene rings is 2. The number of aryl methyl sites for hydroxylation is 1. The molecule has 0 atom stereocenters. The normalized spacial score (nSPS) is 12.6. The van der Waals surface area contributed by atoms with Crippen molar-refractivity contribution in [1.29, 1.82) is 0 Å². The van der Waals surface area contributed by atoms with Crippen LogP contribution in [-0.4, -0.2) is 5.71 Å². The molecule has 1 heteroatoms. The van der Waals surface area contributed by atoms with Gasteiger partial charge >= 0.3 is 0 Å².